The molecule has 0 bridgehead atoms. The molecule has 0 spiro atoms. The van der Waals surface area contributed by atoms with Gasteiger partial charge in [-0.15, -0.1) is 0 Å². The van der Waals surface area contributed by atoms with E-state index in [1.165, 1.54) is 12.1 Å². The molecule has 0 saturated carbocycles. The van der Waals surface area contributed by atoms with Crippen LogP contribution in [0, 0.1) is 5.21 Å². The van der Waals surface area contributed by atoms with Crippen molar-refractivity contribution in [1.82, 2.24) is 0 Å². The van der Waals surface area contributed by atoms with Crippen LogP contribution in [0.3, 0.4) is 0 Å². The maximum atomic E-state index is 10.8. The smallest absolute Gasteiger partial charge is 0.519 e. The third kappa shape index (κ3) is 3.02. The molecule has 13 heavy (non-hydrogen) atoms. The lowest BCUT2D eigenvalue weighted by Crippen LogP contribution is -3.07. The monoisotopic (exact) mass is 201 g/mol. The summed E-state index contributed by atoms with van der Waals surface area (Å²) in [6.45, 7) is 0. The highest BCUT2D eigenvalue weighted by Crippen LogP contribution is 2.14. The number of hydroxylamine groups is 2. The highest BCUT2D eigenvalue weighted by molar-refractivity contribution is 6.30. The van der Waals surface area contributed by atoms with Gasteiger partial charge in [0.05, 0.1) is 7.05 Å². The second-order valence-electron chi connectivity index (χ2n) is 2.40. The lowest BCUT2D eigenvalue weighted by Gasteiger charge is -2.11. The van der Waals surface area contributed by atoms with Gasteiger partial charge in [-0.1, -0.05) is 11.6 Å². The van der Waals surface area contributed by atoms with Gasteiger partial charge in [-0.25, -0.2) is 0 Å². The number of halogens is 1. The number of benzene rings is 1. The molecule has 1 unspecified atom stereocenters. The van der Waals surface area contributed by atoms with Crippen LogP contribution in [0.1, 0.15) is 0 Å². The lowest BCUT2D eigenvalue weighted by molar-refractivity contribution is -0.741. The van der Waals surface area contributed by atoms with Gasteiger partial charge in [-0.2, -0.15) is 4.79 Å². The fourth-order valence-electron chi connectivity index (χ4n) is 0.682. The Labute approximate surface area is 80.2 Å². The summed E-state index contributed by atoms with van der Waals surface area (Å²) >= 11 is 5.60. The number of amides is 1. The molecule has 70 valence electrons. The average molecular weight is 202 g/mol. The number of hydrogen-bond acceptors (Lipinski definition) is 3. The zero-order valence-electron chi connectivity index (χ0n) is 6.91. The number of rotatable bonds is 1. The zero-order valence-corrected chi connectivity index (χ0v) is 7.67. The molecule has 4 nitrogen and oxygen atoms in total. The van der Waals surface area contributed by atoms with Crippen molar-refractivity contribution in [2.75, 3.05) is 7.05 Å². The molecule has 0 aliphatic rings. The predicted octanol–water partition coefficient (Wildman–Crippen LogP) is 0.851. The minimum atomic E-state index is -0.873. The molecule has 0 aliphatic carbocycles. The first-order chi connectivity index (χ1) is 6.09. The first kappa shape index (κ1) is 9.98. The van der Waals surface area contributed by atoms with E-state index >= 15 is 0 Å². The van der Waals surface area contributed by atoms with E-state index in [9.17, 15) is 10.0 Å². The number of ether oxygens (including phenoxy) is 1. The number of nitrogens with one attached hydrogen (secondary N) is 1. The molecule has 1 N–H and O–H groups in total. The molecule has 5 heteroatoms. The van der Waals surface area contributed by atoms with E-state index in [-0.39, 0.29) is 0 Å². The minimum absolute atomic E-state index is 0.310. The number of hydrogen-bond donors (Lipinski definition) is 1. The van der Waals surface area contributed by atoms with Crippen LogP contribution in [0.25, 0.3) is 0 Å². The maximum Gasteiger partial charge on any atom is 0.519 e. The Balaban J connectivity index is 2.65. The Morgan fingerprint density at radius 1 is 1.46 bits per heavy atom. The Bertz CT molecular complexity index is 297. The molecule has 1 aromatic rings. The van der Waals surface area contributed by atoms with Gasteiger partial charge in [-0.05, 0) is 24.3 Å². The van der Waals surface area contributed by atoms with Gasteiger partial charge in [0.25, 0.3) is 0 Å². The van der Waals surface area contributed by atoms with E-state index in [0.717, 1.165) is 7.05 Å². The summed E-state index contributed by atoms with van der Waals surface area (Å²) < 4.78 is 4.68. The summed E-state index contributed by atoms with van der Waals surface area (Å²) in [5, 5.41) is 10.4. The van der Waals surface area contributed by atoms with Crippen LogP contribution in [0.4, 0.5) is 4.79 Å². The number of quaternary nitrogens is 1. The summed E-state index contributed by atoms with van der Waals surface area (Å²) in [6, 6.07) is 6.18. The number of carbonyl (C=O) groups is 1. The fraction of sp³-hybridized carbons (Fsp3) is 0.125. The molecule has 0 fully saturated rings. The summed E-state index contributed by atoms with van der Waals surface area (Å²) in [6.07, 6.45) is -0.873. The SMILES string of the molecule is C[NH+]([O-])C(=O)Oc1ccc(Cl)cc1. The van der Waals surface area contributed by atoms with Crippen molar-refractivity contribution in [2.24, 2.45) is 0 Å². The van der Waals surface area contributed by atoms with Crippen molar-refractivity contribution in [3.63, 3.8) is 0 Å². The van der Waals surface area contributed by atoms with Gasteiger partial charge in [-0.3, -0.25) is 5.06 Å². The molecule has 0 aromatic heterocycles. The van der Waals surface area contributed by atoms with Gasteiger partial charge in [0.2, 0.25) is 0 Å². The van der Waals surface area contributed by atoms with Crippen molar-refractivity contribution in [2.45, 2.75) is 0 Å². The highest BCUT2D eigenvalue weighted by atomic mass is 35.5. The second-order valence-corrected chi connectivity index (χ2v) is 2.84. The average Bonchev–Trinajstić information content (AvgIpc) is 2.08. The third-order valence-electron chi connectivity index (χ3n) is 1.31. The predicted molar refractivity (Wildman–Crippen MR) is 47.7 cm³/mol. The Hall–Kier alpha value is -1.10. The van der Waals surface area contributed by atoms with E-state index in [4.69, 9.17) is 11.6 Å². The van der Waals surface area contributed by atoms with Crippen LogP contribution in [-0.2, 0) is 0 Å². The number of carbonyl (C=O) groups excluding carboxylic acids is 1. The quantitative estimate of drug-likeness (QED) is 0.686. The van der Waals surface area contributed by atoms with Crippen molar-refractivity contribution < 1.29 is 14.6 Å². The normalized spacial score (nSPS) is 12.2. The summed E-state index contributed by atoms with van der Waals surface area (Å²) in [4.78, 5) is 10.8. The topological polar surface area (TPSA) is 53.8 Å². The molecule has 1 aromatic carbocycles. The van der Waals surface area contributed by atoms with Crippen molar-refractivity contribution in [1.29, 1.82) is 0 Å². The van der Waals surface area contributed by atoms with E-state index in [0.29, 0.717) is 10.8 Å². The van der Waals surface area contributed by atoms with E-state index in [2.05, 4.69) is 4.74 Å². The standard InChI is InChI=1S/C8H8ClNO3/c1-10(12)8(11)13-7-4-2-6(9)3-5-7/h2-5,10H,1H3. The zero-order chi connectivity index (χ0) is 9.84. The van der Waals surface area contributed by atoms with Crippen LogP contribution >= 0.6 is 11.6 Å². The van der Waals surface area contributed by atoms with Crippen molar-refractivity contribution in [3.05, 3.63) is 34.5 Å². The third-order valence-corrected chi connectivity index (χ3v) is 1.56. The van der Waals surface area contributed by atoms with Crippen LogP contribution < -0.4 is 9.80 Å². The van der Waals surface area contributed by atoms with Crippen LogP contribution in [-0.4, -0.2) is 13.1 Å². The Kier molecular flexibility index (Phi) is 3.25. The molecule has 0 aliphatic heterocycles. The Morgan fingerprint density at radius 3 is 2.46 bits per heavy atom. The van der Waals surface area contributed by atoms with Crippen molar-refractivity contribution in [3.8, 4) is 5.75 Å². The fourth-order valence-corrected chi connectivity index (χ4v) is 0.808. The molecule has 1 rings (SSSR count). The van der Waals surface area contributed by atoms with E-state index in [1.807, 2.05) is 0 Å². The summed E-state index contributed by atoms with van der Waals surface area (Å²) in [7, 11) is 1.15. The van der Waals surface area contributed by atoms with E-state index < -0.39 is 11.2 Å². The molecule has 0 radical (unpaired) electrons. The van der Waals surface area contributed by atoms with Gasteiger partial charge in [0.15, 0.2) is 0 Å². The molecular weight excluding hydrogens is 194 g/mol. The first-order valence-corrected chi connectivity index (χ1v) is 3.95. The summed E-state index contributed by atoms with van der Waals surface area (Å²) in [5.41, 5.74) is 0. The minimum Gasteiger partial charge on any atom is -0.624 e. The largest absolute Gasteiger partial charge is 0.624 e. The molecule has 0 saturated heterocycles. The summed E-state index contributed by atoms with van der Waals surface area (Å²) in [5.74, 6) is 0.310. The second kappa shape index (κ2) is 4.23. The first-order valence-electron chi connectivity index (χ1n) is 3.58. The highest BCUT2D eigenvalue weighted by Gasteiger charge is 2.08. The van der Waals surface area contributed by atoms with Crippen LogP contribution in [0.15, 0.2) is 24.3 Å². The molecular formula is C8H8ClNO3. The molecule has 1 amide bonds. The van der Waals surface area contributed by atoms with Gasteiger partial charge in [0.1, 0.15) is 5.75 Å². The van der Waals surface area contributed by atoms with Crippen LogP contribution in [0.5, 0.6) is 5.75 Å². The molecule has 1 atom stereocenters. The Morgan fingerprint density at radius 2 is 2.00 bits per heavy atom. The van der Waals surface area contributed by atoms with E-state index in [1.54, 1.807) is 12.1 Å². The van der Waals surface area contributed by atoms with Gasteiger partial charge < -0.3 is 9.94 Å². The molecule has 0 heterocycles. The van der Waals surface area contributed by atoms with Crippen LogP contribution in [0.2, 0.25) is 5.02 Å². The van der Waals surface area contributed by atoms with Crippen molar-refractivity contribution >= 4 is 17.7 Å². The van der Waals surface area contributed by atoms with Gasteiger partial charge in [0, 0.05) is 5.02 Å². The maximum absolute atomic E-state index is 10.8. The lowest BCUT2D eigenvalue weighted by atomic mass is 10.3. The van der Waals surface area contributed by atoms with Gasteiger partial charge >= 0.3 is 6.09 Å².